The molecule has 0 aliphatic carbocycles. The van der Waals surface area contributed by atoms with Crippen LogP contribution < -0.4 is 14.2 Å². The summed E-state index contributed by atoms with van der Waals surface area (Å²) in [5, 5.41) is 9.94. The Morgan fingerprint density at radius 3 is 2.67 bits per heavy atom. The highest BCUT2D eigenvalue weighted by molar-refractivity contribution is 5.68. The molecule has 2 aromatic heterocycles. The van der Waals surface area contributed by atoms with E-state index in [0.717, 1.165) is 11.1 Å². The molecule has 0 saturated heterocycles. The molecule has 0 aliphatic heterocycles. The van der Waals surface area contributed by atoms with E-state index in [-0.39, 0.29) is 12.4 Å². The van der Waals surface area contributed by atoms with Crippen molar-refractivity contribution in [3.8, 4) is 34.5 Å². The first kappa shape index (κ1) is 18.3. The summed E-state index contributed by atoms with van der Waals surface area (Å²) >= 11 is 0. The van der Waals surface area contributed by atoms with Gasteiger partial charge in [-0.1, -0.05) is 24.8 Å². The Morgan fingerprint density at radius 1 is 1.07 bits per heavy atom. The number of ether oxygens (including phenoxy) is 3. The molecular formula is C21H20N2O4. The molecule has 0 atom stereocenters. The van der Waals surface area contributed by atoms with E-state index >= 15 is 0 Å². The average Bonchev–Trinajstić information content (AvgIpc) is 2.72. The number of aromatic nitrogens is 2. The number of methoxy groups -OCH3 is 2. The van der Waals surface area contributed by atoms with Crippen LogP contribution in [-0.4, -0.2) is 29.3 Å². The van der Waals surface area contributed by atoms with E-state index in [1.165, 1.54) is 0 Å². The lowest BCUT2D eigenvalue weighted by Gasteiger charge is -2.14. The molecule has 0 unspecified atom stereocenters. The number of aromatic hydroxyl groups is 1. The zero-order valence-electron chi connectivity index (χ0n) is 15.2. The van der Waals surface area contributed by atoms with Gasteiger partial charge in [-0.05, 0) is 24.3 Å². The van der Waals surface area contributed by atoms with Crippen molar-refractivity contribution in [2.75, 3.05) is 14.2 Å². The Kier molecular flexibility index (Phi) is 5.56. The van der Waals surface area contributed by atoms with Crippen LogP contribution in [0, 0.1) is 0 Å². The largest absolute Gasteiger partial charge is 0.507 e. The van der Waals surface area contributed by atoms with Gasteiger partial charge in [-0.3, -0.25) is 4.98 Å². The van der Waals surface area contributed by atoms with Crippen LogP contribution in [0.15, 0.2) is 55.2 Å². The number of benzene rings is 1. The molecule has 27 heavy (non-hydrogen) atoms. The Labute approximate surface area is 157 Å². The van der Waals surface area contributed by atoms with E-state index in [9.17, 15) is 5.11 Å². The molecule has 1 aromatic carbocycles. The molecule has 0 bridgehead atoms. The maximum Gasteiger partial charge on any atom is 0.226 e. The van der Waals surface area contributed by atoms with Gasteiger partial charge >= 0.3 is 0 Å². The van der Waals surface area contributed by atoms with Crippen molar-refractivity contribution in [2.24, 2.45) is 0 Å². The van der Waals surface area contributed by atoms with Crippen LogP contribution in [0.5, 0.6) is 23.3 Å². The van der Waals surface area contributed by atoms with Gasteiger partial charge in [-0.25, -0.2) is 0 Å². The topological polar surface area (TPSA) is 73.7 Å². The van der Waals surface area contributed by atoms with Crippen molar-refractivity contribution >= 4 is 6.08 Å². The van der Waals surface area contributed by atoms with E-state index in [1.54, 1.807) is 50.8 Å². The molecule has 0 spiro atoms. The highest BCUT2D eigenvalue weighted by Crippen LogP contribution is 2.33. The maximum atomic E-state index is 9.94. The van der Waals surface area contributed by atoms with E-state index in [4.69, 9.17) is 14.2 Å². The van der Waals surface area contributed by atoms with Crippen LogP contribution in [0.4, 0.5) is 0 Å². The summed E-state index contributed by atoms with van der Waals surface area (Å²) in [6, 6.07) is 12.4. The third-order valence-corrected chi connectivity index (χ3v) is 4.01. The van der Waals surface area contributed by atoms with Gasteiger partial charge in [0.1, 0.15) is 18.1 Å². The Hall–Kier alpha value is -3.54. The summed E-state index contributed by atoms with van der Waals surface area (Å²) in [5.41, 5.74) is 2.83. The van der Waals surface area contributed by atoms with Crippen LogP contribution in [0.2, 0.25) is 0 Å². The molecule has 2 heterocycles. The van der Waals surface area contributed by atoms with Crippen LogP contribution in [0.25, 0.3) is 17.3 Å². The van der Waals surface area contributed by atoms with Gasteiger partial charge < -0.3 is 19.3 Å². The van der Waals surface area contributed by atoms with Crippen LogP contribution in [0.3, 0.4) is 0 Å². The molecule has 3 rings (SSSR count). The van der Waals surface area contributed by atoms with E-state index in [0.29, 0.717) is 28.8 Å². The molecule has 0 saturated carbocycles. The Bertz CT molecular complexity index is 957. The predicted octanol–water partition coefficient (Wildman–Crippen LogP) is 4.09. The van der Waals surface area contributed by atoms with Gasteiger partial charge in [-0.2, -0.15) is 4.98 Å². The molecule has 0 amide bonds. The van der Waals surface area contributed by atoms with Crippen molar-refractivity contribution in [1.29, 1.82) is 0 Å². The quantitative estimate of drug-likeness (QED) is 0.681. The Balaban J connectivity index is 1.94. The minimum absolute atomic E-state index is 0.120. The van der Waals surface area contributed by atoms with Crippen LogP contribution in [-0.2, 0) is 6.61 Å². The number of pyridine rings is 2. The molecule has 6 nitrogen and oxygen atoms in total. The number of phenols is 1. The second kappa shape index (κ2) is 8.23. The zero-order valence-corrected chi connectivity index (χ0v) is 15.2. The van der Waals surface area contributed by atoms with Gasteiger partial charge in [0, 0.05) is 17.8 Å². The molecule has 0 fully saturated rings. The van der Waals surface area contributed by atoms with Crippen molar-refractivity contribution in [3.63, 3.8) is 0 Å². The predicted molar refractivity (Wildman–Crippen MR) is 103 cm³/mol. The lowest BCUT2D eigenvalue weighted by molar-refractivity contribution is 0.303. The fourth-order valence-electron chi connectivity index (χ4n) is 2.69. The van der Waals surface area contributed by atoms with Crippen molar-refractivity contribution in [2.45, 2.75) is 6.61 Å². The van der Waals surface area contributed by atoms with E-state index in [1.807, 2.05) is 18.2 Å². The van der Waals surface area contributed by atoms with Crippen LogP contribution in [0.1, 0.15) is 11.1 Å². The van der Waals surface area contributed by atoms with Crippen molar-refractivity contribution in [3.05, 3.63) is 66.4 Å². The second-order valence-corrected chi connectivity index (χ2v) is 5.60. The third kappa shape index (κ3) is 3.84. The third-order valence-electron chi connectivity index (χ3n) is 4.01. The zero-order chi connectivity index (χ0) is 19.2. The van der Waals surface area contributed by atoms with Gasteiger partial charge in [0.05, 0.1) is 31.0 Å². The summed E-state index contributed by atoms with van der Waals surface area (Å²) in [5.74, 6) is 1.53. The molecule has 138 valence electrons. The summed E-state index contributed by atoms with van der Waals surface area (Å²) < 4.78 is 16.5. The first-order valence-corrected chi connectivity index (χ1v) is 8.28. The standard InChI is InChI=1S/C21H20N2O4/c1-4-15-17(24)8-5-9-18(15)27-13-14-7-6-12-22-20(14)16-10-11-19(25-2)23-21(16)26-3/h4-12,24H,1,13H2,2-3H3. The molecule has 3 aromatic rings. The highest BCUT2D eigenvalue weighted by atomic mass is 16.5. The van der Waals surface area contributed by atoms with Crippen molar-refractivity contribution < 1.29 is 19.3 Å². The van der Waals surface area contributed by atoms with Crippen molar-refractivity contribution in [1.82, 2.24) is 9.97 Å². The first-order chi connectivity index (χ1) is 13.2. The number of hydrogen-bond donors (Lipinski definition) is 1. The summed E-state index contributed by atoms with van der Waals surface area (Å²) in [6.07, 6.45) is 3.26. The fourth-order valence-corrected chi connectivity index (χ4v) is 2.69. The van der Waals surface area contributed by atoms with Gasteiger partial charge in [0.15, 0.2) is 0 Å². The Morgan fingerprint density at radius 2 is 1.93 bits per heavy atom. The van der Waals surface area contributed by atoms with Gasteiger partial charge in [-0.15, -0.1) is 0 Å². The minimum Gasteiger partial charge on any atom is -0.507 e. The normalized spacial score (nSPS) is 10.3. The lowest BCUT2D eigenvalue weighted by atomic mass is 10.1. The number of nitrogens with zero attached hydrogens (tertiary/aromatic N) is 2. The van der Waals surface area contributed by atoms with Gasteiger partial charge in [0.2, 0.25) is 11.8 Å². The number of rotatable bonds is 7. The first-order valence-electron chi connectivity index (χ1n) is 8.28. The lowest BCUT2D eigenvalue weighted by Crippen LogP contribution is -2.02. The van der Waals surface area contributed by atoms with Gasteiger partial charge in [0.25, 0.3) is 0 Å². The monoisotopic (exact) mass is 364 g/mol. The molecular weight excluding hydrogens is 344 g/mol. The highest BCUT2D eigenvalue weighted by Gasteiger charge is 2.15. The summed E-state index contributed by atoms with van der Waals surface area (Å²) in [7, 11) is 3.10. The molecule has 0 radical (unpaired) electrons. The summed E-state index contributed by atoms with van der Waals surface area (Å²) in [6.45, 7) is 3.98. The van der Waals surface area contributed by atoms with E-state index in [2.05, 4.69) is 16.5 Å². The number of hydrogen-bond acceptors (Lipinski definition) is 6. The number of phenolic OH excluding ortho intramolecular Hbond substituents is 1. The average molecular weight is 364 g/mol. The smallest absolute Gasteiger partial charge is 0.226 e. The SMILES string of the molecule is C=Cc1c(O)cccc1OCc1cccnc1-c1ccc(OC)nc1OC. The second-order valence-electron chi connectivity index (χ2n) is 5.60. The molecule has 0 aliphatic rings. The summed E-state index contributed by atoms with van der Waals surface area (Å²) in [4.78, 5) is 8.79. The maximum absolute atomic E-state index is 9.94. The van der Waals surface area contributed by atoms with E-state index < -0.39 is 0 Å². The fraction of sp³-hybridized carbons (Fsp3) is 0.143. The molecule has 6 heteroatoms. The van der Waals surface area contributed by atoms with Crippen LogP contribution >= 0.6 is 0 Å². The minimum atomic E-state index is 0.120. The molecule has 1 N–H and O–H groups in total.